The van der Waals surface area contributed by atoms with Gasteiger partial charge in [0.15, 0.2) is 0 Å². The Morgan fingerprint density at radius 2 is 1.02 bits per heavy atom. The van der Waals surface area contributed by atoms with Gasteiger partial charge in [-0.1, -0.05) is 83.7 Å². The van der Waals surface area contributed by atoms with Gasteiger partial charge in [0.1, 0.15) is 6.54 Å². The summed E-state index contributed by atoms with van der Waals surface area (Å²) in [5, 5.41) is 0. The zero-order valence-corrected chi connectivity index (χ0v) is 30.0. The number of nitrogens with zero attached hydrogens (tertiary/aromatic N) is 2. The van der Waals surface area contributed by atoms with Crippen molar-refractivity contribution in [1.82, 2.24) is 0 Å². The molecule has 1 N–H and O–H groups in total. The van der Waals surface area contributed by atoms with Crippen LogP contribution in [0, 0.1) is 13.8 Å². The highest BCUT2D eigenvalue weighted by Crippen LogP contribution is 2.40. The second-order valence-electron chi connectivity index (χ2n) is 13.0. The molecule has 0 unspecified atom stereocenters. The highest BCUT2D eigenvalue weighted by Gasteiger charge is 2.24. The third-order valence-electron chi connectivity index (χ3n) is 9.38. The molecule has 0 saturated heterocycles. The van der Waals surface area contributed by atoms with E-state index >= 15 is 0 Å². The first-order valence-corrected chi connectivity index (χ1v) is 18.3. The van der Waals surface area contributed by atoms with Crippen LogP contribution >= 0.6 is 0 Å². The lowest BCUT2D eigenvalue weighted by atomic mass is 9.81. The van der Waals surface area contributed by atoms with Gasteiger partial charge in [-0.05, 0) is 122 Å². The number of allylic oxidation sites excluding steroid dienone is 3. The predicted molar refractivity (Wildman–Crippen MR) is 204 cm³/mol. The molecule has 0 bridgehead atoms. The van der Waals surface area contributed by atoms with Crippen molar-refractivity contribution in [3.63, 3.8) is 0 Å². The van der Waals surface area contributed by atoms with Crippen LogP contribution in [0.5, 0.6) is 0 Å². The lowest BCUT2D eigenvalue weighted by Crippen LogP contribution is -2.72. The summed E-state index contributed by atoms with van der Waals surface area (Å²) in [7, 11) is 0. The van der Waals surface area contributed by atoms with Crippen molar-refractivity contribution in [3.05, 3.63) is 106 Å². The van der Waals surface area contributed by atoms with Crippen LogP contribution in [0.2, 0.25) is 0 Å². The number of nitrogens with one attached hydrogen (secondary N) is 1. The summed E-state index contributed by atoms with van der Waals surface area (Å²) in [6, 6.07) is 23.4. The topological polar surface area (TPSA) is 20.5 Å². The molecule has 0 saturated carbocycles. The Kier molecular flexibility index (Phi) is 13.7. The molecular formula is C43H60N3+. The second-order valence-corrected chi connectivity index (χ2v) is 13.0. The second kappa shape index (κ2) is 17.9. The van der Waals surface area contributed by atoms with Gasteiger partial charge >= 0.3 is 0 Å². The number of benzene rings is 3. The van der Waals surface area contributed by atoms with Gasteiger partial charge in [-0.2, -0.15) is 0 Å². The maximum absolute atomic E-state index is 3.61. The maximum atomic E-state index is 3.61. The van der Waals surface area contributed by atoms with E-state index < -0.39 is 0 Å². The Balaban J connectivity index is 1.91. The Morgan fingerprint density at radius 3 is 1.43 bits per heavy atom. The maximum Gasteiger partial charge on any atom is 0.206 e. The summed E-state index contributed by atoms with van der Waals surface area (Å²) in [5.74, 6) is 0. The smallest absolute Gasteiger partial charge is 0.206 e. The normalized spacial score (nSPS) is 13.3. The summed E-state index contributed by atoms with van der Waals surface area (Å²) in [6.45, 7) is 21.3. The van der Waals surface area contributed by atoms with E-state index in [1.807, 2.05) is 0 Å². The first-order chi connectivity index (χ1) is 22.5. The van der Waals surface area contributed by atoms with E-state index in [1.165, 1.54) is 113 Å². The summed E-state index contributed by atoms with van der Waals surface area (Å²) in [6.07, 6.45) is 14.4. The van der Waals surface area contributed by atoms with Crippen LogP contribution in [0.4, 0.5) is 11.4 Å². The fraction of sp³-hybridized carbons (Fsp3) is 0.465. The van der Waals surface area contributed by atoms with Gasteiger partial charge in [-0.15, -0.1) is 0 Å². The first kappa shape index (κ1) is 35.3. The van der Waals surface area contributed by atoms with Crippen LogP contribution in [0.25, 0.3) is 11.1 Å². The molecule has 3 nitrogen and oxygen atoms in total. The fourth-order valence-electron chi connectivity index (χ4n) is 6.68. The summed E-state index contributed by atoms with van der Waals surface area (Å²) in [4.78, 5) is 8.81. The molecule has 4 rings (SSSR count). The minimum Gasteiger partial charge on any atom is -0.372 e. The first-order valence-electron chi connectivity index (χ1n) is 18.3. The standard InChI is InChI=1S/C43H59N3/c1-8-13-27-45(28-14-9-2)35-21-23-37(33(6)31-35)43(41-25-26-42(44-12-5)40-20-18-17-19-39(40)41)38-24-22-36(32-34(38)7)46(29-15-10-3)30-16-11-4/h17-26,31-32H,8-16,27-30H2,1-7H3/p+1. The fourth-order valence-corrected chi connectivity index (χ4v) is 6.68. The van der Waals surface area contributed by atoms with Crippen molar-refractivity contribution in [2.24, 2.45) is 0 Å². The van der Waals surface area contributed by atoms with Gasteiger partial charge in [0.05, 0.1) is 5.56 Å². The number of unbranched alkanes of at least 4 members (excludes halogenated alkanes) is 4. The molecule has 3 aromatic rings. The molecule has 3 heteroatoms. The molecule has 0 atom stereocenters. The van der Waals surface area contributed by atoms with Gasteiger partial charge in [-0.3, -0.25) is 0 Å². The zero-order valence-electron chi connectivity index (χ0n) is 30.0. The van der Waals surface area contributed by atoms with Crippen molar-refractivity contribution >= 4 is 28.2 Å². The zero-order chi connectivity index (χ0) is 32.9. The molecule has 0 aliphatic heterocycles. The monoisotopic (exact) mass is 618 g/mol. The Bertz CT molecular complexity index is 1420. The lowest BCUT2D eigenvalue weighted by Gasteiger charge is -2.28. The van der Waals surface area contributed by atoms with E-state index in [0.717, 1.165) is 32.7 Å². The molecule has 1 aliphatic carbocycles. The van der Waals surface area contributed by atoms with Crippen LogP contribution in [0.1, 0.15) is 119 Å². The molecule has 0 heterocycles. The number of hydrogen-bond donors (Lipinski definition) is 1. The molecule has 0 amide bonds. The summed E-state index contributed by atoms with van der Waals surface area (Å²) in [5.41, 5.74) is 14.4. The van der Waals surface area contributed by atoms with Crippen LogP contribution in [0.3, 0.4) is 0 Å². The van der Waals surface area contributed by atoms with E-state index in [4.69, 9.17) is 0 Å². The minimum absolute atomic E-state index is 0.903. The molecule has 246 valence electrons. The molecule has 0 spiro atoms. The quantitative estimate of drug-likeness (QED) is 0.163. The summed E-state index contributed by atoms with van der Waals surface area (Å²) < 4.78 is 0. The number of hydrogen-bond acceptors (Lipinski definition) is 2. The van der Waals surface area contributed by atoms with Gasteiger partial charge in [0.25, 0.3) is 0 Å². The van der Waals surface area contributed by atoms with Crippen LogP contribution < -0.4 is 14.8 Å². The largest absolute Gasteiger partial charge is 0.372 e. The Morgan fingerprint density at radius 1 is 0.565 bits per heavy atom. The Labute approximate surface area is 281 Å². The SMILES string of the molecule is CCCCN(CCCC)c1ccc(C(=C2C=CC(=[NH+]CC)c3ccccc32)c2ccc(N(CCCC)CCCC)cc2C)c(C)c1. The third kappa shape index (κ3) is 8.60. The van der Waals surface area contributed by atoms with Crippen molar-refractivity contribution in [2.45, 2.75) is 99.8 Å². The average Bonchev–Trinajstić information content (AvgIpc) is 3.07. The lowest BCUT2D eigenvalue weighted by molar-refractivity contribution is -0.450. The third-order valence-corrected chi connectivity index (χ3v) is 9.38. The molecule has 0 aromatic heterocycles. The van der Waals surface area contributed by atoms with Gasteiger partial charge in [0.2, 0.25) is 5.71 Å². The molecular weight excluding hydrogens is 558 g/mol. The molecule has 0 fully saturated rings. The van der Waals surface area contributed by atoms with E-state index in [1.54, 1.807) is 0 Å². The minimum atomic E-state index is 0.903. The van der Waals surface area contributed by atoms with Crippen molar-refractivity contribution in [3.8, 4) is 0 Å². The van der Waals surface area contributed by atoms with E-state index in [2.05, 4.69) is 136 Å². The van der Waals surface area contributed by atoms with Crippen molar-refractivity contribution in [2.75, 3.05) is 42.5 Å². The number of aryl methyl sites for hydroxylation is 2. The van der Waals surface area contributed by atoms with Crippen LogP contribution in [0.15, 0.2) is 72.8 Å². The van der Waals surface area contributed by atoms with Gasteiger partial charge < -0.3 is 9.80 Å². The van der Waals surface area contributed by atoms with Gasteiger partial charge in [0, 0.05) is 43.6 Å². The van der Waals surface area contributed by atoms with E-state index in [9.17, 15) is 0 Å². The highest BCUT2D eigenvalue weighted by atomic mass is 15.1. The molecule has 1 aliphatic rings. The molecule has 46 heavy (non-hydrogen) atoms. The number of fused-ring (bicyclic) bond motifs is 1. The van der Waals surface area contributed by atoms with Gasteiger partial charge in [-0.25, -0.2) is 4.99 Å². The molecule has 0 radical (unpaired) electrons. The van der Waals surface area contributed by atoms with Crippen LogP contribution in [-0.4, -0.2) is 38.4 Å². The molecule has 3 aromatic carbocycles. The highest BCUT2D eigenvalue weighted by molar-refractivity contribution is 6.17. The van der Waals surface area contributed by atoms with E-state index in [0.29, 0.717) is 0 Å². The van der Waals surface area contributed by atoms with E-state index in [-0.39, 0.29) is 0 Å². The van der Waals surface area contributed by atoms with Crippen molar-refractivity contribution < 1.29 is 4.99 Å². The number of rotatable bonds is 17. The summed E-state index contributed by atoms with van der Waals surface area (Å²) >= 11 is 0. The number of anilines is 2. The van der Waals surface area contributed by atoms with Crippen LogP contribution in [-0.2, 0) is 0 Å². The predicted octanol–water partition coefficient (Wildman–Crippen LogP) is 9.54. The van der Waals surface area contributed by atoms with Crippen molar-refractivity contribution in [1.29, 1.82) is 0 Å². The Hall–Kier alpha value is -3.59. The average molecular weight is 619 g/mol.